The molecule has 32 heavy (non-hydrogen) atoms. The number of aliphatic imine (C=N–C) groups is 1. The molecule has 0 saturated carbocycles. The fraction of sp³-hybridized carbons (Fsp3) is 0.120. The van der Waals surface area contributed by atoms with E-state index < -0.39 is 5.97 Å². The number of halogens is 2. The Bertz CT molecular complexity index is 1230. The molecule has 0 spiro atoms. The van der Waals surface area contributed by atoms with E-state index in [0.717, 1.165) is 16.7 Å². The molecule has 1 aliphatic rings. The van der Waals surface area contributed by atoms with Crippen LogP contribution >= 0.6 is 23.2 Å². The molecule has 3 aromatic carbocycles. The molecule has 1 heterocycles. The molecule has 0 unspecified atom stereocenters. The number of rotatable bonds is 6. The van der Waals surface area contributed by atoms with Crippen molar-refractivity contribution in [2.75, 3.05) is 7.11 Å². The number of esters is 1. The number of ether oxygens (including phenoxy) is 3. The van der Waals surface area contributed by atoms with Gasteiger partial charge in [-0.05, 0) is 60.5 Å². The Hall–Kier alpha value is -3.28. The molecular weight excluding hydrogens is 449 g/mol. The molecule has 0 atom stereocenters. The van der Waals surface area contributed by atoms with E-state index in [9.17, 15) is 4.79 Å². The number of hydrogen-bond donors (Lipinski definition) is 0. The quantitative estimate of drug-likeness (QED) is 0.318. The SMILES string of the molecule is COc1cc(/C=C2\N=C(c3ccc(C)cc3)OC2=O)cc(Cl)c1OCc1cccc(Cl)c1. The minimum Gasteiger partial charge on any atom is -0.493 e. The molecule has 4 rings (SSSR count). The van der Waals surface area contributed by atoms with Crippen molar-refractivity contribution >= 4 is 41.1 Å². The van der Waals surface area contributed by atoms with Gasteiger partial charge in [0.15, 0.2) is 17.2 Å². The van der Waals surface area contributed by atoms with Gasteiger partial charge < -0.3 is 14.2 Å². The Morgan fingerprint density at radius 2 is 1.84 bits per heavy atom. The number of carbonyl (C=O) groups excluding carboxylic acids is 1. The molecule has 0 radical (unpaired) electrons. The zero-order valence-electron chi connectivity index (χ0n) is 17.4. The van der Waals surface area contributed by atoms with Crippen LogP contribution in [0.25, 0.3) is 6.08 Å². The van der Waals surface area contributed by atoms with Crippen molar-refractivity contribution in [3.63, 3.8) is 0 Å². The van der Waals surface area contributed by atoms with Crippen LogP contribution in [0.1, 0.15) is 22.3 Å². The molecule has 0 aliphatic carbocycles. The van der Waals surface area contributed by atoms with Crippen LogP contribution in [0.15, 0.2) is 71.4 Å². The summed E-state index contributed by atoms with van der Waals surface area (Å²) in [6.07, 6.45) is 1.60. The zero-order valence-corrected chi connectivity index (χ0v) is 18.9. The molecule has 0 amide bonds. The van der Waals surface area contributed by atoms with Crippen LogP contribution in [-0.2, 0) is 16.1 Å². The molecular formula is C25H19Cl2NO4. The van der Waals surface area contributed by atoms with Crippen molar-refractivity contribution < 1.29 is 19.0 Å². The summed E-state index contributed by atoms with van der Waals surface area (Å²) in [5.41, 5.74) is 3.53. The summed E-state index contributed by atoms with van der Waals surface area (Å²) in [4.78, 5) is 16.7. The van der Waals surface area contributed by atoms with Gasteiger partial charge in [0.05, 0.1) is 12.1 Å². The van der Waals surface area contributed by atoms with Gasteiger partial charge in [0.1, 0.15) is 6.61 Å². The number of methoxy groups -OCH3 is 1. The normalized spacial score (nSPS) is 14.3. The number of hydrogen-bond acceptors (Lipinski definition) is 5. The highest BCUT2D eigenvalue weighted by Gasteiger charge is 2.24. The van der Waals surface area contributed by atoms with E-state index in [4.69, 9.17) is 37.4 Å². The van der Waals surface area contributed by atoms with E-state index >= 15 is 0 Å². The Morgan fingerprint density at radius 1 is 1.06 bits per heavy atom. The Morgan fingerprint density at radius 3 is 2.56 bits per heavy atom. The van der Waals surface area contributed by atoms with Crippen LogP contribution in [0.4, 0.5) is 0 Å². The monoisotopic (exact) mass is 467 g/mol. The highest BCUT2D eigenvalue weighted by Crippen LogP contribution is 2.38. The van der Waals surface area contributed by atoms with Gasteiger partial charge in [-0.2, -0.15) is 0 Å². The molecule has 0 aromatic heterocycles. The van der Waals surface area contributed by atoms with Crippen molar-refractivity contribution in [1.82, 2.24) is 0 Å². The van der Waals surface area contributed by atoms with E-state index in [0.29, 0.717) is 27.1 Å². The lowest BCUT2D eigenvalue weighted by Gasteiger charge is -2.13. The van der Waals surface area contributed by atoms with Gasteiger partial charge in [-0.1, -0.05) is 53.0 Å². The first kappa shape index (κ1) is 21.9. The fourth-order valence-corrected chi connectivity index (χ4v) is 3.62. The fourth-order valence-electron chi connectivity index (χ4n) is 3.13. The average molecular weight is 468 g/mol. The highest BCUT2D eigenvalue weighted by molar-refractivity contribution is 6.32. The predicted octanol–water partition coefficient (Wildman–Crippen LogP) is 6.23. The Labute approximate surface area is 195 Å². The van der Waals surface area contributed by atoms with Gasteiger partial charge in [-0.15, -0.1) is 0 Å². The second kappa shape index (κ2) is 9.47. The first-order chi connectivity index (χ1) is 15.4. The lowest BCUT2D eigenvalue weighted by atomic mass is 10.1. The van der Waals surface area contributed by atoms with Gasteiger partial charge in [0.2, 0.25) is 5.90 Å². The van der Waals surface area contributed by atoms with Crippen LogP contribution in [0.3, 0.4) is 0 Å². The summed E-state index contributed by atoms with van der Waals surface area (Å²) in [6, 6.07) is 18.3. The molecule has 3 aromatic rings. The minimum atomic E-state index is -0.531. The number of carbonyl (C=O) groups is 1. The number of cyclic esters (lactones) is 1. The maximum Gasteiger partial charge on any atom is 0.363 e. The van der Waals surface area contributed by atoms with Crippen LogP contribution in [0.2, 0.25) is 10.0 Å². The lowest BCUT2D eigenvalue weighted by molar-refractivity contribution is -0.129. The maximum absolute atomic E-state index is 12.3. The minimum absolute atomic E-state index is 0.172. The van der Waals surface area contributed by atoms with E-state index in [1.165, 1.54) is 7.11 Å². The molecule has 0 N–H and O–H groups in total. The second-order valence-electron chi connectivity index (χ2n) is 7.15. The first-order valence-electron chi connectivity index (χ1n) is 9.77. The average Bonchev–Trinajstić information content (AvgIpc) is 3.13. The summed E-state index contributed by atoms with van der Waals surface area (Å²) >= 11 is 12.5. The Balaban J connectivity index is 1.59. The number of nitrogens with zero attached hydrogens (tertiary/aromatic N) is 1. The van der Waals surface area contributed by atoms with Gasteiger partial charge in [0, 0.05) is 10.6 Å². The topological polar surface area (TPSA) is 57.1 Å². The Kier molecular flexibility index (Phi) is 6.49. The largest absolute Gasteiger partial charge is 0.493 e. The van der Waals surface area contributed by atoms with Crippen molar-refractivity contribution in [3.05, 3.63) is 98.7 Å². The molecule has 7 heteroatoms. The molecule has 5 nitrogen and oxygen atoms in total. The van der Waals surface area contributed by atoms with Crippen LogP contribution in [0, 0.1) is 6.92 Å². The van der Waals surface area contributed by atoms with E-state index in [-0.39, 0.29) is 18.2 Å². The van der Waals surface area contributed by atoms with Crippen molar-refractivity contribution in [3.8, 4) is 11.5 Å². The van der Waals surface area contributed by atoms with Gasteiger partial charge in [0.25, 0.3) is 0 Å². The third-order valence-corrected chi connectivity index (χ3v) is 5.26. The maximum atomic E-state index is 12.3. The van der Waals surface area contributed by atoms with Crippen LogP contribution in [0.5, 0.6) is 11.5 Å². The first-order valence-corrected chi connectivity index (χ1v) is 10.5. The summed E-state index contributed by atoms with van der Waals surface area (Å²) < 4.78 is 16.7. The highest BCUT2D eigenvalue weighted by atomic mass is 35.5. The summed E-state index contributed by atoms with van der Waals surface area (Å²) in [6.45, 7) is 2.25. The third kappa shape index (κ3) is 4.96. The van der Waals surface area contributed by atoms with Gasteiger partial charge in [-0.3, -0.25) is 0 Å². The second-order valence-corrected chi connectivity index (χ2v) is 8.00. The summed E-state index contributed by atoms with van der Waals surface area (Å²) in [5.74, 6) is 0.562. The standard InChI is InChI=1S/C25H19Cl2NO4/c1-15-6-8-18(9-7-15)24-28-21(25(29)32-24)12-17-11-20(27)23(22(13-17)30-2)31-14-16-4-3-5-19(26)10-16/h3-13H,14H2,1-2H3/b21-12-. The molecule has 0 bridgehead atoms. The lowest BCUT2D eigenvalue weighted by Crippen LogP contribution is -2.05. The summed E-state index contributed by atoms with van der Waals surface area (Å²) in [7, 11) is 1.52. The zero-order chi connectivity index (χ0) is 22.7. The molecule has 0 saturated heterocycles. The number of benzene rings is 3. The third-order valence-electron chi connectivity index (χ3n) is 4.75. The van der Waals surface area contributed by atoms with Crippen molar-refractivity contribution in [2.45, 2.75) is 13.5 Å². The smallest absolute Gasteiger partial charge is 0.363 e. The predicted molar refractivity (Wildman–Crippen MR) is 126 cm³/mol. The van der Waals surface area contributed by atoms with Crippen LogP contribution in [-0.4, -0.2) is 19.0 Å². The molecule has 0 fully saturated rings. The molecule has 1 aliphatic heterocycles. The van der Waals surface area contributed by atoms with E-state index in [1.54, 1.807) is 24.3 Å². The number of aryl methyl sites for hydroxylation is 1. The van der Waals surface area contributed by atoms with E-state index in [2.05, 4.69) is 4.99 Å². The van der Waals surface area contributed by atoms with Crippen LogP contribution < -0.4 is 9.47 Å². The van der Waals surface area contributed by atoms with Gasteiger partial charge in [-0.25, -0.2) is 9.79 Å². The van der Waals surface area contributed by atoms with Crippen molar-refractivity contribution in [2.24, 2.45) is 4.99 Å². The van der Waals surface area contributed by atoms with E-state index in [1.807, 2.05) is 49.4 Å². The molecule has 162 valence electrons. The van der Waals surface area contributed by atoms with Crippen molar-refractivity contribution in [1.29, 1.82) is 0 Å². The summed E-state index contributed by atoms with van der Waals surface area (Å²) in [5, 5.41) is 0.965. The van der Waals surface area contributed by atoms with Gasteiger partial charge >= 0.3 is 5.97 Å².